The molecule has 2 aliphatic rings. The highest BCUT2D eigenvalue weighted by molar-refractivity contribution is 6.51. The fraction of sp³-hybridized carbons (Fsp3) is 0.467. The van der Waals surface area contributed by atoms with E-state index in [2.05, 4.69) is 36.0 Å². The van der Waals surface area contributed by atoms with E-state index in [9.17, 15) is 9.59 Å². The standard InChI is InChI=1S/C15H19N3O2/c1-9-7-18(8-10(2)17(9)3)11-4-5-12-13(6-11)16-15(20)14(12)19/h4-6,9-10H,7-8H2,1-3H3,(H,16,19,20). The number of fused-ring (bicyclic) bond motifs is 1. The van der Waals surface area contributed by atoms with E-state index in [1.54, 1.807) is 6.07 Å². The number of Topliss-reactive ketones (excluding diaryl/α,β-unsaturated/α-hetero) is 1. The molecule has 0 bridgehead atoms. The van der Waals surface area contributed by atoms with Crippen LogP contribution in [0.2, 0.25) is 0 Å². The predicted molar refractivity (Wildman–Crippen MR) is 78.3 cm³/mol. The number of hydrogen-bond donors (Lipinski definition) is 1. The molecule has 0 radical (unpaired) electrons. The Labute approximate surface area is 118 Å². The summed E-state index contributed by atoms with van der Waals surface area (Å²) in [5.74, 6) is -0.969. The maximum Gasteiger partial charge on any atom is 0.296 e. The zero-order valence-electron chi connectivity index (χ0n) is 12.0. The van der Waals surface area contributed by atoms with Crippen molar-refractivity contribution in [3.8, 4) is 0 Å². The van der Waals surface area contributed by atoms with Gasteiger partial charge in [0.1, 0.15) is 0 Å². The summed E-state index contributed by atoms with van der Waals surface area (Å²) >= 11 is 0. The van der Waals surface area contributed by atoms with Gasteiger partial charge >= 0.3 is 0 Å². The number of amides is 1. The number of nitrogens with one attached hydrogen (secondary N) is 1. The fourth-order valence-electron chi connectivity index (χ4n) is 2.95. The van der Waals surface area contributed by atoms with E-state index in [0.717, 1.165) is 18.8 Å². The number of benzene rings is 1. The van der Waals surface area contributed by atoms with Crippen molar-refractivity contribution in [1.82, 2.24) is 4.90 Å². The minimum Gasteiger partial charge on any atom is -0.368 e. The molecular formula is C15H19N3O2. The lowest BCUT2D eigenvalue weighted by molar-refractivity contribution is -0.112. The van der Waals surface area contributed by atoms with Crippen molar-refractivity contribution in [3.05, 3.63) is 23.8 Å². The molecule has 5 nitrogen and oxygen atoms in total. The monoisotopic (exact) mass is 273 g/mol. The summed E-state index contributed by atoms with van der Waals surface area (Å²) in [5, 5.41) is 2.63. The average molecular weight is 273 g/mol. The molecule has 1 saturated heterocycles. The van der Waals surface area contributed by atoms with Crippen LogP contribution in [0, 0.1) is 0 Å². The number of carbonyl (C=O) groups excluding carboxylic acids is 2. The van der Waals surface area contributed by atoms with Crippen molar-refractivity contribution in [2.75, 3.05) is 30.4 Å². The van der Waals surface area contributed by atoms with Crippen LogP contribution in [0.1, 0.15) is 24.2 Å². The number of ketones is 1. The Kier molecular flexibility index (Phi) is 3.01. The van der Waals surface area contributed by atoms with Crippen molar-refractivity contribution < 1.29 is 9.59 Å². The van der Waals surface area contributed by atoms with E-state index in [0.29, 0.717) is 23.3 Å². The van der Waals surface area contributed by atoms with E-state index in [4.69, 9.17) is 0 Å². The first-order valence-electron chi connectivity index (χ1n) is 6.94. The van der Waals surface area contributed by atoms with E-state index in [-0.39, 0.29) is 0 Å². The van der Waals surface area contributed by atoms with Gasteiger partial charge in [-0.15, -0.1) is 0 Å². The van der Waals surface area contributed by atoms with Crippen molar-refractivity contribution in [2.24, 2.45) is 0 Å². The molecule has 1 fully saturated rings. The van der Waals surface area contributed by atoms with Crippen LogP contribution in [0.5, 0.6) is 0 Å². The van der Waals surface area contributed by atoms with Crippen molar-refractivity contribution in [3.63, 3.8) is 0 Å². The maximum absolute atomic E-state index is 11.6. The predicted octanol–water partition coefficient (Wildman–Crippen LogP) is 1.35. The Hall–Kier alpha value is -1.88. The van der Waals surface area contributed by atoms with Gasteiger partial charge in [-0.1, -0.05) is 0 Å². The maximum atomic E-state index is 11.6. The quantitative estimate of drug-likeness (QED) is 0.785. The highest BCUT2D eigenvalue weighted by Crippen LogP contribution is 2.30. The topological polar surface area (TPSA) is 52.7 Å². The number of nitrogens with zero attached hydrogens (tertiary/aromatic N) is 2. The summed E-state index contributed by atoms with van der Waals surface area (Å²) in [6, 6.07) is 6.54. The largest absolute Gasteiger partial charge is 0.368 e. The smallest absolute Gasteiger partial charge is 0.296 e. The number of carbonyl (C=O) groups is 2. The molecule has 1 aromatic carbocycles. The molecule has 2 aliphatic heterocycles. The third-order valence-electron chi connectivity index (χ3n) is 4.43. The van der Waals surface area contributed by atoms with E-state index < -0.39 is 11.7 Å². The molecular weight excluding hydrogens is 254 g/mol. The molecule has 0 aromatic heterocycles. The summed E-state index contributed by atoms with van der Waals surface area (Å²) in [5.41, 5.74) is 2.18. The highest BCUT2D eigenvalue weighted by atomic mass is 16.2. The minimum atomic E-state index is -0.530. The summed E-state index contributed by atoms with van der Waals surface area (Å²) in [4.78, 5) is 27.7. The van der Waals surface area contributed by atoms with Gasteiger partial charge in [0.25, 0.3) is 11.7 Å². The lowest BCUT2D eigenvalue weighted by Crippen LogP contribution is -2.55. The summed E-state index contributed by atoms with van der Waals surface area (Å²) in [7, 11) is 2.15. The number of hydrogen-bond acceptors (Lipinski definition) is 4. The van der Waals surface area contributed by atoms with Crippen LogP contribution in [0.15, 0.2) is 18.2 Å². The third-order valence-corrected chi connectivity index (χ3v) is 4.43. The average Bonchev–Trinajstić information content (AvgIpc) is 2.70. The first-order valence-corrected chi connectivity index (χ1v) is 6.94. The zero-order valence-corrected chi connectivity index (χ0v) is 12.0. The van der Waals surface area contributed by atoms with E-state index in [1.165, 1.54) is 0 Å². The van der Waals surface area contributed by atoms with Gasteiger partial charge in [0.2, 0.25) is 0 Å². The van der Waals surface area contributed by atoms with Crippen LogP contribution in [-0.2, 0) is 4.79 Å². The van der Waals surface area contributed by atoms with Gasteiger partial charge in [-0.05, 0) is 39.1 Å². The van der Waals surface area contributed by atoms with Crippen LogP contribution >= 0.6 is 0 Å². The molecule has 2 unspecified atom stereocenters. The van der Waals surface area contributed by atoms with Gasteiger partial charge in [0.05, 0.1) is 11.3 Å². The van der Waals surface area contributed by atoms with Gasteiger partial charge in [-0.3, -0.25) is 14.5 Å². The number of likely N-dealkylation sites (N-methyl/N-ethyl adjacent to an activating group) is 1. The van der Waals surface area contributed by atoms with Crippen molar-refractivity contribution >= 4 is 23.1 Å². The first-order chi connectivity index (χ1) is 9.47. The van der Waals surface area contributed by atoms with Crippen LogP contribution < -0.4 is 10.2 Å². The highest BCUT2D eigenvalue weighted by Gasteiger charge is 2.30. The molecule has 0 spiro atoms. The van der Waals surface area contributed by atoms with Crippen LogP contribution in [-0.4, -0.2) is 48.8 Å². The molecule has 0 saturated carbocycles. The third kappa shape index (κ3) is 1.98. The molecule has 1 aromatic rings. The summed E-state index contributed by atoms with van der Waals surface area (Å²) in [6.45, 7) is 6.31. The number of rotatable bonds is 1. The van der Waals surface area contributed by atoms with Crippen molar-refractivity contribution in [2.45, 2.75) is 25.9 Å². The number of piperazine rings is 1. The SMILES string of the molecule is CC1CN(c2ccc3c(c2)NC(=O)C3=O)CC(C)N1C. The Morgan fingerprint density at radius 2 is 1.80 bits per heavy atom. The van der Waals surface area contributed by atoms with Crippen LogP contribution in [0.4, 0.5) is 11.4 Å². The molecule has 106 valence electrons. The van der Waals surface area contributed by atoms with Gasteiger partial charge in [0.15, 0.2) is 0 Å². The second-order valence-corrected chi connectivity index (χ2v) is 5.78. The second kappa shape index (κ2) is 4.59. The lowest BCUT2D eigenvalue weighted by Gasteiger charge is -2.43. The molecule has 20 heavy (non-hydrogen) atoms. The molecule has 2 heterocycles. The fourth-order valence-corrected chi connectivity index (χ4v) is 2.95. The first kappa shape index (κ1) is 13.1. The zero-order chi connectivity index (χ0) is 14.4. The van der Waals surface area contributed by atoms with Gasteiger partial charge in [0, 0.05) is 30.9 Å². The normalized spacial score (nSPS) is 26.6. The van der Waals surface area contributed by atoms with Gasteiger partial charge in [-0.25, -0.2) is 0 Å². The molecule has 3 rings (SSSR count). The van der Waals surface area contributed by atoms with Crippen LogP contribution in [0.3, 0.4) is 0 Å². The second-order valence-electron chi connectivity index (χ2n) is 5.78. The Morgan fingerprint density at radius 3 is 2.45 bits per heavy atom. The van der Waals surface area contributed by atoms with Gasteiger partial charge < -0.3 is 10.2 Å². The van der Waals surface area contributed by atoms with Crippen molar-refractivity contribution in [1.29, 1.82) is 0 Å². The lowest BCUT2D eigenvalue weighted by atomic mass is 10.1. The number of anilines is 2. The van der Waals surface area contributed by atoms with E-state index >= 15 is 0 Å². The molecule has 1 amide bonds. The Morgan fingerprint density at radius 1 is 1.15 bits per heavy atom. The van der Waals surface area contributed by atoms with Crippen LogP contribution in [0.25, 0.3) is 0 Å². The Bertz CT molecular complexity index is 572. The molecule has 0 aliphatic carbocycles. The van der Waals surface area contributed by atoms with E-state index in [1.807, 2.05) is 12.1 Å². The summed E-state index contributed by atoms with van der Waals surface area (Å²) in [6.07, 6.45) is 0. The minimum absolute atomic E-state index is 0.438. The summed E-state index contributed by atoms with van der Waals surface area (Å²) < 4.78 is 0. The van der Waals surface area contributed by atoms with Gasteiger partial charge in [-0.2, -0.15) is 0 Å². The molecule has 5 heteroatoms. The molecule has 2 atom stereocenters. The Balaban J connectivity index is 1.88. The molecule has 1 N–H and O–H groups in total.